The molecule has 126 valence electrons. The molecule has 0 radical (unpaired) electrons. The molecule has 0 atom stereocenters. The summed E-state index contributed by atoms with van der Waals surface area (Å²) in [7, 11) is 0. The predicted octanol–water partition coefficient (Wildman–Crippen LogP) is 1.67. The van der Waals surface area contributed by atoms with Crippen LogP contribution < -0.4 is 5.32 Å². The Morgan fingerprint density at radius 3 is 2.35 bits per heavy atom. The van der Waals surface area contributed by atoms with Crippen LogP contribution in [0.2, 0.25) is 0 Å². The normalized spacial score (nSPS) is 14.9. The van der Waals surface area contributed by atoms with Crippen LogP contribution in [-0.4, -0.2) is 60.4 Å². The predicted molar refractivity (Wildman–Crippen MR) is 91.4 cm³/mol. The molecule has 1 saturated heterocycles. The third-order valence-corrected chi connectivity index (χ3v) is 4.22. The van der Waals surface area contributed by atoms with Gasteiger partial charge in [-0.15, -0.1) is 0 Å². The summed E-state index contributed by atoms with van der Waals surface area (Å²) in [6, 6.07) is 7.66. The van der Waals surface area contributed by atoms with E-state index in [1.165, 1.54) is 0 Å². The lowest BCUT2D eigenvalue weighted by molar-refractivity contribution is -0.132. The van der Waals surface area contributed by atoms with E-state index in [2.05, 4.69) is 5.32 Å². The highest BCUT2D eigenvalue weighted by molar-refractivity contribution is 5.94. The van der Waals surface area contributed by atoms with Gasteiger partial charge in [-0.1, -0.05) is 17.7 Å². The van der Waals surface area contributed by atoms with Gasteiger partial charge in [-0.25, -0.2) is 0 Å². The van der Waals surface area contributed by atoms with Gasteiger partial charge >= 0.3 is 0 Å². The van der Waals surface area contributed by atoms with Gasteiger partial charge in [-0.05, 0) is 32.9 Å². The Morgan fingerprint density at radius 1 is 1.17 bits per heavy atom. The van der Waals surface area contributed by atoms with Crippen molar-refractivity contribution >= 4 is 11.8 Å². The maximum absolute atomic E-state index is 12.7. The summed E-state index contributed by atoms with van der Waals surface area (Å²) in [5, 5.41) is 3.24. The average Bonchev–Trinajstić information content (AvgIpc) is 2.55. The molecule has 1 fully saturated rings. The molecule has 0 saturated carbocycles. The SMILES string of the molecule is Cc1ccc(C(=O)N(CCC(=O)N2CCNCC2)C(C)C)cc1. The van der Waals surface area contributed by atoms with E-state index in [1.54, 1.807) is 4.90 Å². The molecule has 2 rings (SSSR count). The zero-order valence-corrected chi connectivity index (χ0v) is 14.3. The number of piperazine rings is 1. The number of hydrogen-bond acceptors (Lipinski definition) is 3. The molecule has 1 aromatic rings. The van der Waals surface area contributed by atoms with Gasteiger partial charge in [0.2, 0.25) is 5.91 Å². The summed E-state index contributed by atoms with van der Waals surface area (Å²) >= 11 is 0. The van der Waals surface area contributed by atoms with Crippen molar-refractivity contribution < 1.29 is 9.59 Å². The van der Waals surface area contributed by atoms with Gasteiger partial charge in [-0.2, -0.15) is 0 Å². The van der Waals surface area contributed by atoms with Crippen molar-refractivity contribution in [1.82, 2.24) is 15.1 Å². The van der Waals surface area contributed by atoms with Crippen molar-refractivity contribution in [3.8, 4) is 0 Å². The molecule has 0 bridgehead atoms. The molecule has 0 aliphatic carbocycles. The number of amides is 2. The first-order valence-electron chi connectivity index (χ1n) is 8.35. The Morgan fingerprint density at radius 2 is 1.78 bits per heavy atom. The smallest absolute Gasteiger partial charge is 0.254 e. The van der Waals surface area contributed by atoms with Crippen LogP contribution in [0.5, 0.6) is 0 Å². The number of benzene rings is 1. The fourth-order valence-corrected chi connectivity index (χ4v) is 2.74. The number of rotatable bonds is 5. The van der Waals surface area contributed by atoms with Gasteiger partial charge in [0.15, 0.2) is 0 Å². The minimum Gasteiger partial charge on any atom is -0.340 e. The Bertz CT molecular complexity index is 534. The van der Waals surface area contributed by atoms with Gasteiger partial charge in [0.25, 0.3) is 5.91 Å². The summed E-state index contributed by atoms with van der Waals surface area (Å²) in [4.78, 5) is 28.6. The second-order valence-corrected chi connectivity index (χ2v) is 6.34. The molecule has 1 aromatic carbocycles. The Kier molecular flexibility index (Phi) is 6.16. The van der Waals surface area contributed by atoms with Crippen molar-refractivity contribution in [2.45, 2.75) is 33.2 Å². The zero-order valence-electron chi connectivity index (χ0n) is 14.3. The Hall–Kier alpha value is -1.88. The van der Waals surface area contributed by atoms with E-state index >= 15 is 0 Å². The number of hydrogen-bond donors (Lipinski definition) is 1. The molecule has 5 nitrogen and oxygen atoms in total. The molecule has 1 aliphatic rings. The number of aryl methyl sites for hydroxylation is 1. The minimum atomic E-state index is -0.00638. The first-order chi connectivity index (χ1) is 11.0. The minimum absolute atomic E-state index is 0.00638. The van der Waals surface area contributed by atoms with Crippen LogP contribution in [0, 0.1) is 6.92 Å². The fourth-order valence-electron chi connectivity index (χ4n) is 2.74. The van der Waals surface area contributed by atoms with Crippen molar-refractivity contribution in [1.29, 1.82) is 0 Å². The fraction of sp³-hybridized carbons (Fsp3) is 0.556. The topological polar surface area (TPSA) is 52.7 Å². The third-order valence-electron chi connectivity index (χ3n) is 4.22. The highest BCUT2D eigenvalue weighted by atomic mass is 16.2. The van der Waals surface area contributed by atoms with Crippen LogP contribution >= 0.6 is 0 Å². The molecule has 1 N–H and O–H groups in total. The lowest BCUT2D eigenvalue weighted by Crippen LogP contribution is -2.47. The number of nitrogens with zero attached hydrogens (tertiary/aromatic N) is 2. The van der Waals surface area contributed by atoms with Crippen molar-refractivity contribution in [2.24, 2.45) is 0 Å². The van der Waals surface area contributed by atoms with E-state index < -0.39 is 0 Å². The first-order valence-corrected chi connectivity index (χ1v) is 8.35. The first kappa shape index (κ1) is 17.5. The van der Waals surface area contributed by atoms with Crippen molar-refractivity contribution in [3.05, 3.63) is 35.4 Å². The van der Waals surface area contributed by atoms with Crippen molar-refractivity contribution in [2.75, 3.05) is 32.7 Å². The lowest BCUT2D eigenvalue weighted by atomic mass is 10.1. The van der Waals surface area contributed by atoms with Gasteiger partial charge in [0, 0.05) is 50.7 Å². The van der Waals surface area contributed by atoms with Crippen LogP contribution in [0.15, 0.2) is 24.3 Å². The van der Waals surface area contributed by atoms with E-state index in [-0.39, 0.29) is 17.9 Å². The van der Waals surface area contributed by atoms with E-state index in [9.17, 15) is 9.59 Å². The van der Waals surface area contributed by atoms with Gasteiger partial charge in [0.1, 0.15) is 0 Å². The molecule has 2 amide bonds. The Balaban J connectivity index is 1.96. The van der Waals surface area contributed by atoms with Crippen LogP contribution in [-0.2, 0) is 4.79 Å². The highest BCUT2D eigenvalue weighted by Gasteiger charge is 2.22. The van der Waals surface area contributed by atoms with Gasteiger partial charge in [0.05, 0.1) is 0 Å². The standard InChI is InChI=1S/C18H27N3O2/c1-14(2)21(18(23)16-6-4-15(3)5-7-16)11-8-17(22)20-12-9-19-10-13-20/h4-7,14,19H,8-13H2,1-3H3. The summed E-state index contributed by atoms with van der Waals surface area (Å²) in [5.41, 5.74) is 1.81. The van der Waals surface area contributed by atoms with Gasteiger partial charge < -0.3 is 15.1 Å². The molecular formula is C18H27N3O2. The molecule has 0 unspecified atom stereocenters. The maximum Gasteiger partial charge on any atom is 0.254 e. The van der Waals surface area contributed by atoms with E-state index in [1.807, 2.05) is 49.9 Å². The van der Waals surface area contributed by atoms with E-state index in [0.29, 0.717) is 18.5 Å². The molecule has 0 spiro atoms. The maximum atomic E-state index is 12.7. The molecule has 0 aromatic heterocycles. The van der Waals surface area contributed by atoms with Crippen molar-refractivity contribution in [3.63, 3.8) is 0 Å². The average molecular weight is 317 g/mol. The van der Waals surface area contributed by atoms with Crippen LogP contribution in [0.1, 0.15) is 36.2 Å². The molecule has 1 aliphatic heterocycles. The summed E-state index contributed by atoms with van der Waals surface area (Å²) in [6.07, 6.45) is 0.385. The van der Waals surface area contributed by atoms with Gasteiger partial charge in [-0.3, -0.25) is 9.59 Å². The summed E-state index contributed by atoms with van der Waals surface area (Å²) < 4.78 is 0. The highest BCUT2D eigenvalue weighted by Crippen LogP contribution is 2.11. The number of carbonyl (C=O) groups is 2. The number of carbonyl (C=O) groups excluding carboxylic acids is 2. The number of nitrogens with one attached hydrogen (secondary N) is 1. The summed E-state index contributed by atoms with van der Waals surface area (Å²) in [6.45, 7) is 9.65. The quantitative estimate of drug-likeness (QED) is 0.899. The Labute approximate surface area is 138 Å². The second kappa shape index (κ2) is 8.11. The molecule has 5 heteroatoms. The molecule has 1 heterocycles. The summed E-state index contributed by atoms with van der Waals surface area (Å²) in [5.74, 6) is 0.127. The second-order valence-electron chi connectivity index (χ2n) is 6.34. The van der Waals surface area contributed by atoms with Crippen LogP contribution in [0.3, 0.4) is 0 Å². The van der Waals surface area contributed by atoms with Crippen LogP contribution in [0.25, 0.3) is 0 Å². The van der Waals surface area contributed by atoms with E-state index in [4.69, 9.17) is 0 Å². The zero-order chi connectivity index (χ0) is 16.8. The molecular weight excluding hydrogens is 290 g/mol. The van der Waals surface area contributed by atoms with E-state index in [0.717, 1.165) is 31.7 Å². The monoisotopic (exact) mass is 317 g/mol. The largest absolute Gasteiger partial charge is 0.340 e. The van der Waals surface area contributed by atoms with Crippen LogP contribution in [0.4, 0.5) is 0 Å². The lowest BCUT2D eigenvalue weighted by Gasteiger charge is -2.30. The molecule has 23 heavy (non-hydrogen) atoms. The third kappa shape index (κ3) is 4.79.